The molecule has 3 heterocycles. The summed E-state index contributed by atoms with van der Waals surface area (Å²) in [6.07, 6.45) is 3.54. The summed E-state index contributed by atoms with van der Waals surface area (Å²) < 4.78 is 1.03. The monoisotopic (exact) mass is 385 g/mol. The summed E-state index contributed by atoms with van der Waals surface area (Å²) in [5.41, 5.74) is 8.06. The molecule has 1 atom stereocenters. The highest BCUT2D eigenvalue weighted by Gasteiger charge is 2.31. The standard InChI is InChI=1S/C17H16BrN5O/c18-12-5-3-10(4-6-12)14-2-1-7-23(14)17(24)11-8-13-15(19)21-22-16(13)20-9-11/h3-6,8-9,14H,1-2,7H2,(H3,19,20,21,22)/t14-/m0/s1. The van der Waals surface area contributed by atoms with Crippen molar-refractivity contribution in [1.82, 2.24) is 20.1 Å². The van der Waals surface area contributed by atoms with E-state index in [2.05, 4.69) is 43.2 Å². The number of likely N-dealkylation sites (tertiary alicyclic amines) is 1. The van der Waals surface area contributed by atoms with Crippen molar-refractivity contribution in [2.75, 3.05) is 12.3 Å². The highest BCUT2D eigenvalue weighted by Crippen LogP contribution is 2.34. The van der Waals surface area contributed by atoms with Crippen molar-refractivity contribution in [2.24, 2.45) is 0 Å². The van der Waals surface area contributed by atoms with Crippen LogP contribution < -0.4 is 5.73 Å². The summed E-state index contributed by atoms with van der Waals surface area (Å²) in [5.74, 6) is 0.411. The number of carbonyl (C=O) groups is 1. The Balaban J connectivity index is 1.66. The predicted molar refractivity (Wildman–Crippen MR) is 95.5 cm³/mol. The van der Waals surface area contributed by atoms with Crippen molar-refractivity contribution < 1.29 is 4.79 Å². The van der Waals surface area contributed by atoms with E-state index in [1.54, 1.807) is 12.3 Å². The van der Waals surface area contributed by atoms with E-state index in [1.165, 1.54) is 0 Å². The van der Waals surface area contributed by atoms with Gasteiger partial charge in [0.2, 0.25) is 0 Å². The third-order valence-corrected chi connectivity index (χ3v) is 4.98. The van der Waals surface area contributed by atoms with E-state index in [0.29, 0.717) is 22.4 Å². The summed E-state index contributed by atoms with van der Waals surface area (Å²) in [6, 6.07) is 10.0. The van der Waals surface area contributed by atoms with Gasteiger partial charge in [-0.25, -0.2) is 4.98 Å². The summed E-state index contributed by atoms with van der Waals surface area (Å²) in [5, 5.41) is 7.37. The fourth-order valence-corrected chi connectivity index (χ4v) is 3.51. The summed E-state index contributed by atoms with van der Waals surface area (Å²) in [4.78, 5) is 19.1. The van der Waals surface area contributed by atoms with Crippen molar-refractivity contribution in [2.45, 2.75) is 18.9 Å². The molecule has 3 N–H and O–H groups in total. The number of nitrogens with one attached hydrogen (secondary N) is 1. The van der Waals surface area contributed by atoms with Gasteiger partial charge < -0.3 is 10.6 Å². The van der Waals surface area contributed by atoms with Crippen LogP contribution in [0.1, 0.15) is 34.8 Å². The van der Waals surface area contributed by atoms with Crippen LogP contribution in [-0.2, 0) is 0 Å². The molecule has 1 aliphatic heterocycles. The van der Waals surface area contributed by atoms with Crippen LogP contribution in [0.5, 0.6) is 0 Å². The number of halogens is 1. The van der Waals surface area contributed by atoms with Crippen LogP contribution in [0.2, 0.25) is 0 Å². The molecule has 24 heavy (non-hydrogen) atoms. The van der Waals surface area contributed by atoms with Gasteiger partial charge in [0.1, 0.15) is 5.82 Å². The number of aromatic amines is 1. The lowest BCUT2D eigenvalue weighted by Crippen LogP contribution is -2.30. The summed E-state index contributed by atoms with van der Waals surface area (Å²) >= 11 is 3.45. The van der Waals surface area contributed by atoms with Crippen LogP contribution in [0, 0.1) is 0 Å². The van der Waals surface area contributed by atoms with Gasteiger partial charge in [0.05, 0.1) is 17.0 Å². The molecule has 1 fully saturated rings. The average Bonchev–Trinajstić information content (AvgIpc) is 3.22. The first-order chi connectivity index (χ1) is 11.6. The van der Waals surface area contributed by atoms with Crippen LogP contribution in [0.3, 0.4) is 0 Å². The van der Waals surface area contributed by atoms with E-state index in [1.807, 2.05) is 17.0 Å². The maximum Gasteiger partial charge on any atom is 0.255 e. The third-order valence-electron chi connectivity index (χ3n) is 4.45. The molecule has 0 spiro atoms. The van der Waals surface area contributed by atoms with Crippen molar-refractivity contribution in [1.29, 1.82) is 0 Å². The summed E-state index contributed by atoms with van der Waals surface area (Å²) in [6.45, 7) is 0.748. The van der Waals surface area contributed by atoms with E-state index < -0.39 is 0 Å². The number of anilines is 1. The number of amides is 1. The highest BCUT2D eigenvalue weighted by molar-refractivity contribution is 9.10. The van der Waals surface area contributed by atoms with Crippen LogP contribution in [-0.4, -0.2) is 32.5 Å². The molecule has 3 aromatic rings. The number of benzene rings is 1. The zero-order chi connectivity index (χ0) is 16.7. The van der Waals surface area contributed by atoms with E-state index in [9.17, 15) is 4.79 Å². The van der Waals surface area contributed by atoms with Gasteiger partial charge in [-0.15, -0.1) is 0 Å². The Morgan fingerprint density at radius 2 is 2.12 bits per heavy atom. The molecule has 7 heteroatoms. The lowest BCUT2D eigenvalue weighted by molar-refractivity contribution is 0.0735. The molecular formula is C17H16BrN5O. The van der Waals surface area contributed by atoms with E-state index in [0.717, 1.165) is 29.4 Å². The van der Waals surface area contributed by atoms with Crippen molar-refractivity contribution in [3.05, 3.63) is 52.1 Å². The Hall–Kier alpha value is -2.41. The quantitative estimate of drug-likeness (QED) is 0.708. The zero-order valence-electron chi connectivity index (χ0n) is 12.9. The highest BCUT2D eigenvalue weighted by atomic mass is 79.9. The number of hydrogen-bond acceptors (Lipinski definition) is 4. The largest absolute Gasteiger partial charge is 0.384 e. The van der Waals surface area contributed by atoms with Gasteiger partial charge in [-0.05, 0) is 36.6 Å². The number of fused-ring (bicyclic) bond motifs is 1. The van der Waals surface area contributed by atoms with Crippen molar-refractivity contribution in [3.8, 4) is 0 Å². The van der Waals surface area contributed by atoms with Crippen molar-refractivity contribution >= 4 is 38.7 Å². The molecule has 4 rings (SSSR count). The number of carbonyl (C=O) groups excluding carboxylic acids is 1. The van der Waals surface area contributed by atoms with Crippen molar-refractivity contribution in [3.63, 3.8) is 0 Å². The Bertz CT molecular complexity index is 905. The van der Waals surface area contributed by atoms with E-state index >= 15 is 0 Å². The molecule has 122 valence electrons. The number of aromatic nitrogens is 3. The lowest BCUT2D eigenvalue weighted by atomic mass is 10.0. The molecule has 0 bridgehead atoms. The number of nitrogens with two attached hydrogens (primary N) is 1. The van der Waals surface area contributed by atoms with Crippen LogP contribution in [0.4, 0.5) is 5.82 Å². The number of nitrogens with zero attached hydrogens (tertiary/aromatic N) is 3. The maximum absolute atomic E-state index is 13.0. The number of H-pyrrole nitrogens is 1. The Kier molecular flexibility index (Phi) is 3.72. The average molecular weight is 386 g/mol. The second kappa shape index (κ2) is 5.90. The fourth-order valence-electron chi connectivity index (χ4n) is 3.24. The van der Waals surface area contributed by atoms with Crippen LogP contribution >= 0.6 is 15.9 Å². The molecule has 2 aromatic heterocycles. The molecule has 6 nitrogen and oxygen atoms in total. The second-order valence-corrected chi connectivity index (χ2v) is 6.86. The summed E-state index contributed by atoms with van der Waals surface area (Å²) in [7, 11) is 0. The normalized spacial score (nSPS) is 17.5. The number of rotatable bonds is 2. The van der Waals surface area contributed by atoms with Gasteiger partial charge in [0, 0.05) is 17.2 Å². The van der Waals surface area contributed by atoms with Crippen LogP contribution in [0.15, 0.2) is 41.0 Å². The molecule has 1 saturated heterocycles. The second-order valence-electron chi connectivity index (χ2n) is 5.94. The molecule has 0 radical (unpaired) electrons. The van der Waals surface area contributed by atoms with Gasteiger partial charge in [0.25, 0.3) is 5.91 Å². The fraction of sp³-hybridized carbons (Fsp3) is 0.235. The first-order valence-corrected chi connectivity index (χ1v) is 8.59. The van der Waals surface area contributed by atoms with Gasteiger partial charge in [-0.1, -0.05) is 28.1 Å². The van der Waals surface area contributed by atoms with Gasteiger partial charge in [-0.3, -0.25) is 9.89 Å². The minimum absolute atomic E-state index is 0.0181. The third kappa shape index (κ3) is 2.54. The van der Waals surface area contributed by atoms with Gasteiger partial charge in [0.15, 0.2) is 5.65 Å². The molecule has 0 aliphatic carbocycles. The molecule has 1 aromatic carbocycles. The lowest BCUT2D eigenvalue weighted by Gasteiger charge is -2.25. The predicted octanol–water partition coefficient (Wildman–Crippen LogP) is 3.28. The molecule has 1 aliphatic rings. The smallest absolute Gasteiger partial charge is 0.255 e. The molecule has 0 saturated carbocycles. The number of nitrogen functional groups attached to an aromatic ring is 1. The van der Waals surface area contributed by atoms with Gasteiger partial charge in [-0.2, -0.15) is 5.10 Å². The van der Waals surface area contributed by atoms with E-state index in [-0.39, 0.29) is 11.9 Å². The first kappa shape index (κ1) is 15.1. The molecular weight excluding hydrogens is 370 g/mol. The zero-order valence-corrected chi connectivity index (χ0v) is 14.5. The molecule has 1 amide bonds. The SMILES string of the molecule is Nc1[nH]nc2ncc(C(=O)N3CCC[C@H]3c3ccc(Br)cc3)cc12. The first-order valence-electron chi connectivity index (χ1n) is 7.79. The minimum atomic E-state index is -0.0181. The molecule has 0 unspecified atom stereocenters. The topological polar surface area (TPSA) is 87.9 Å². The van der Waals surface area contributed by atoms with E-state index in [4.69, 9.17) is 5.73 Å². The van der Waals surface area contributed by atoms with Crippen LogP contribution in [0.25, 0.3) is 11.0 Å². The Morgan fingerprint density at radius 3 is 2.92 bits per heavy atom. The number of hydrogen-bond donors (Lipinski definition) is 2. The Labute approximate surface area is 147 Å². The minimum Gasteiger partial charge on any atom is -0.384 e. The maximum atomic E-state index is 13.0. The Morgan fingerprint density at radius 1 is 1.33 bits per heavy atom. The number of pyridine rings is 1. The van der Waals surface area contributed by atoms with Gasteiger partial charge >= 0.3 is 0 Å².